The third-order valence-corrected chi connectivity index (χ3v) is 2.85. The van der Waals surface area contributed by atoms with Crippen molar-refractivity contribution in [3.8, 4) is 0 Å². The molecule has 3 heteroatoms. The molecule has 1 N–H and O–H groups in total. The molecule has 0 spiro atoms. The Balaban J connectivity index is 2.79. The van der Waals surface area contributed by atoms with Crippen molar-refractivity contribution in [2.45, 2.75) is 20.8 Å². The number of nitrogens with zero attached hydrogens (tertiary/aromatic N) is 1. The van der Waals surface area contributed by atoms with Crippen molar-refractivity contribution in [2.75, 3.05) is 0 Å². The topological polar surface area (TPSA) is 50.2 Å². The third-order valence-electron chi connectivity index (χ3n) is 2.85. The van der Waals surface area contributed by atoms with E-state index in [9.17, 15) is 4.79 Å². The van der Waals surface area contributed by atoms with Gasteiger partial charge in [-0.25, -0.2) is 4.79 Å². The molecule has 1 aromatic carbocycles. The van der Waals surface area contributed by atoms with Crippen LogP contribution in [0.5, 0.6) is 0 Å². The zero-order chi connectivity index (χ0) is 11.9. The van der Waals surface area contributed by atoms with Gasteiger partial charge in [-0.05, 0) is 50.1 Å². The van der Waals surface area contributed by atoms with Crippen molar-refractivity contribution < 1.29 is 9.90 Å². The van der Waals surface area contributed by atoms with Crippen LogP contribution in [0, 0.1) is 20.8 Å². The van der Waals surface area contributed by atoms with Crippen molar-refractivity contribution >= 4 is 16.9 Å². The Labute approximate surface area is 93.7 Å². The highest BCUT2D eigenvalue weighted by Crippen LogP contribution is 2.20. The molecule has 0 aliphatic carbocycles. The normalized spacial score (nSPS) is 10.7. The molecule has 0 unspecified atom stereocenters. The Morgan fingerprint density at radius 2 is 1.75 bits per heavy atom. The Bertz CT molecular complexity index is 588. The SMILES string of the molecule is Cc1cc2cc(C(=O)O)c(C)nc2cc1C. The summed E-state index contributed by atoms with van der Waals surface area (Å²) >= 11 is 0. The first kappa shape index (κ1) is 10.6. The standard InChI is InChI=1S/C13H13NO2/c1-7-4-10-6-11(13(15)16)9(3)14-12(10)5-8(7)2/h4-6H,1-3H3,(H,15,16). The minimum atomic E-state index is -0.926. The summed E-state index contributed by atoms with van der Waals surface area (Å²) in [6, 6.07) is 5.65. The summed E-state index contributed by atoms with van der Waals surface area (Å²) in [6.07, 6.45) is 0. The Hall–Kier alpha value is -1.90. The van der Waals surface area contributed by atoms with Gasteiger partial charge in [0.15, 0.2) is 0 Å². The number of hydrogen-bond acceptors (Lipinski definition) is 2. The summed E-state index contributed by atoms with van der Waals surface area (Å²) in [4.78, 5) is 15.3. The third kappa shape index (κ3) is 1.65. The van der Waals surface area contributed by atoms with E-state index in [0.29, 0.717) is 5.69 Å². The molecule has 0 bridgehead atoms. The molecule has 0 amide bonds. The zero-order valence-electron chi connectivity index (χ0n) is 9.53. The lowest BCUT2D eigenvalue weighted by Crippen LogP contribution is -2.02. The minimum absolute atomic E-state index is 0.274. The molecule has 82 valence electrons. The van der Waals surface area contributed by atoms with Gasteiger partial charge >= 0.3 is 5.97 Å². The fourth-order valence-electron chi connectivity index (χ4n) is 1.75. The van der Waals surface area contributed by atoms with E-state index < -0.39 is 5.97 Å². The lowest BCUT2D eigenvalue weighted by molar-refractivity contribution is 0.0696. The van der Waals surface area contributed by atoms with Gasteiger partial charge in [0.05, 0.1) is 16.8 Å². The number of carboxylic acid groups (broad SMARTS) is 1. The van der Waals surface area contributed by atoms with E-state index in [1.165, 1.54) is 5.56 Å². The molecule has 16 heavy (non-hydrogen) atoms. The van der Waals surface area contributed by atoms with Crippen LogP contribution >= 0.6 is 0 Å². The molecular weight excluding hydrogens is 202 g/mol. The molecule has 1 aromatic heterocycles. The summed E-state index contributed by atoms with van der Waals surface area (Å²) in [6.45, 7) is 5.75. The number of rotatable bonds is 1. The maximum atomic E-state index is 11.0. The van der Waals surface area contributed by atoms with Gasteiger partial charge in [0.25, 0.3) is 0 Å². The Kier molecular flexibility index (Phi) is 2.38. The van der Waals surface area contributed by atoms with E-state index in [-0.39, 0.29) is 5.56 Å². The molecule has 0 atom stereocenters. The number of aryl methyl sites for hydroxylation is 3. The number of fused-ring (bicyclic) bond motifs is 1. The van der Waals surface area contributed by atoms with Crippen LogP contribution in [-0.2, 0) is 0 Å². The fourth-order valence-corrected chi connectivity index (χ4v) is 1.75. The summed E-state index contributed by atoms with van der Waals surface area (Å²) in [5.41, 5.74) is 4.00. The van der Waals surface area contributed by atoms with Crippen molar-refractivity contribution in [3.05, 3.63) is 40.6 Å². The van der Waals surface area contributed by atoms with Crippen LogP contribution in [0.25, 0.3) is 10.9 Å². The minimum Gasteiger partial charge on any atom is -0.478 e. The summed E-state index contributed by atoms with van der Waals surface area (Å²) in [5, 5.41) is 9.89. The van der Waals surface area contributed by atoms with Gasteiger partial charge in [0.2, 0.25) is 0 Å². The number of pyridine rings is 1. The van der Waals surface area contributed by atoms with Gasteiger partial charge in [0, 0.05) is 5.39 Å². The zero-order valence-corrected chi connectivity index (χ0v) is 9.53. The second kappa shape index (κ2) is 3.59. The van der Waals surface area contributed by atoms with Gasteiger partial charge in [-0.3, -0.25) is 4.98 Å². The lowest BCUT2D eigenvalue weighted by atomic mass is 10.0. The number of hydrogen-bond donors (Lipinski definition) is 1. The molecule has 0 fully saturated rings. The van der Waals surface area contributed by atoms with E-state index in [0.717, 1.165) is 16.5 Å². The second-order valence-corrected chi connectivity index (χ2v) is 4.06. The van der Waals surface area contributed by atoms with Gasteiger partial charge in [0.1, 0.15) is 0 Å². The first-order chi connectivity index (χ1) is 7.49. The maximum absolute atomic E-state index is 11.0. The predicted octanol–water partition coefficient (Wildman–Crippen LogP) is 2.86. The lowest BCUT2D eigenvalue weighted by Gasteiger charge is -2.06. The molecule has 0 aliphatic rings. The van der Waals surface area contributed by atoms with Crippen LogP contribution in [-0.4, -0.2) is 16.1 Å². The Morgan fingerprint density at radius 3 is 2.38 bits per heavy atom. The molecule has 1 heterocycles. The molecule has 0 saturated carbocycles. The predicted molar refractivity (Wildman–Crippen MR) is 62.9 cm³/mol. The number of benzene rings is 1. The van der Waals surface area contributed by atoms with Crippen LogP contribution in [0.3, 0.4) is 0 Å². The molecule has 0 radical (unpaired) electrons. The summed E-state index contributed by atoms with van der Waals surface area (Å²) < 4.78 is 0. The smallest absolute Gasteiger partial charge is 0.337 e. The van der Waals surface area contributed by atoms with E-state index in [2.05, 4.69) is 4.98 Å². The van der Waals surface area contributed by atoms with E-state index in [1.54, 1.807) is 13.0 Å². The van der Waals surface area contributed by atoms with Crippen LogP contribution in [0.4, 0.5) is 0 Å². The molecule has 2 aromatic rings. The monoisotopic (exact) mass is 215 g/mol. The summed E-state index contributed by atoms with van der Waals surface area (Å²) in [7, 11) is 0. The quantitative estimate of drug-likeness (QED) is 0.795. The largest absolute Gasteiger partial charge is 0.478 e. The second-order valence-electron chi connectivity index (χ2n) is 4.06. The first-order valence-corrected chi connectivity index (χ1v) is 5.11. The van der Waals surface area contributed by atoms with Gasteiger partial charge in [-0.2, -0.15) is 0 Å². The molecule has 3 nitrogen and oxygen atoms in total. The van der Waals surface area contributed by atoms with Gasteiger partial charge in [-0.1, -0.05) is 0 Å². The van der Waals surface area contributed by atoms with Crippen molar-refractivity contribution in [3.63, 3.8) is 0 Å². The highest BCUT2D eigenvalue weighted by molar-refractivity contribution is 5.94. The highest BCUT2D eigenvalue weighted by atomic mass is 16.4. The summed E-state index contributed by atoms with van der Waals surface area (Å²) in [5.74, 6) is -0.926. The first-order valence-electron chi connectivity index (χ1n) is 5.11. The van der Waals surface area contributed by atoms with Crippen LogP contribution in [0.1, 0.15) is 27.2 Å². The average Bonchev–Trinajstić information content (AvgIpc) is 2.19. The van der Waals surface area contributed by atoms with Crippen LogP contribution < -0.4 is 0 Å². The van der Waals surface area contributed by atoms with E-state index >= 15 is 0 Å². The highest BCUT2D eigenvalue weighted by Gasteiger charge is 2.10. The van der Waals surface area contributed by atoms with Crippen molar-refractivity contribution in [1.29, 1.82) is 0 Å². The number of aromatic nitrogens is 1. The Morgan fingerprint density at radius 1 is 1.12 bits per heavy atom. The average molecular weight is 215 g/mol. The molecule has 0 aliphatic heterocycles. The number of aromatic carboxylic acids is 1. The van der Waals surface area contributed by atoms with E-state index in [1.807, 2.05) is 26.0 Å². The van der Waals surface area contributed by atoms with Gasteiger partial charge < -0.3 is 5.11 Å². The number of carbonyl (C=O) groups is 1. The molecule has 2 rings (SSSR count). The molecule has 0 saturated heterocycles. The fraction of sp³-hybridized carbons (Fsp3) is 0.231. The number of carboxylic acids is 1. The maximum Gasteiger partial charge on any atom is 0.337 e. The van der Waals surface area contributed by atoms with Crippen molar-refractivity contribution in [1.82, 2.24) is 4.98 Å². The van der Waals surface area contributed by atoms with E-state index in [4.69, 9.17) is 5.11 Å². The molecular formula is C13H13NO2. The van der Waals surface area contributed by atoms with Crippen LogP contribution in [0.2, 0.25) is 0 Å². The van der Waals surface area contributed by atoms with Crippen molar-refractivity contribution in [2.24, 2.45) is 0 Å². The van der Waals surface area contributed by atoms with Crippen LogP contribution in [0.15, 0.2) is 18.2 Å². The van der Waals surface area contributed by atoms with Gasteiger partial charge in [-0.15, -0.1) is 0 Å².